The van der Waals surface area contributed by atoms with Crippen molar-refractivity contribution >= 4 is 37.8 Å². The van der Waals surface area contributed by atoms with Gasteiger partial charge < -0.3 is 14.4 Å². The molecule has 0 aliphatic carbocycles. The molecule has 0 radical (unpaired) electrons. The molecule has 0 aromatic heterocycles. The first-order valence-corrected chi connectivity index (χ1v) is 10.4. The molecule has 0 unspecified atom stereocenters. The Hall–Kier alpha value is -1.73. The number of hydrogen-bond donors (Lipinski definition) is 0. The number of carbonyl (C=O) groups is 3. The van der Waals surface area contributed by atoms with Gasteiger partial charge in [0, 0.05) is 6.92 Å². The molecule has 0 aromatic rings. The van der Waals surface area contributed by atoms with Crippen LogP contribution in [0.1, 0.15) is 20.3 Å². The van der Waals surface area contributed by atoms with E-state index >= 15 is 0 Å². The maximum absolute atomic E-state index is 12.7. The fourth-order valence-corrected chi connectivity index (χ4v) is 5.24. The van der Waals surface area contributed by atoms with E-state index in [4.69, 9.17) is 4.74 Å². The highest BCUT2D eigenvalue weighted by Gasteiger charge is 2.70. The number of fused-ring (bicyclic) bond motifs is 1. The number of sulfone groups is 1. The first-order valence-electron chi connectivity index (χ1n) is 7.00. The van der Waals surface area contributed by atoms with Crippen LogP contribution in [-0.2, 0) is 48.0 Å². The second-order valence-electron chi connectivity index (χ2n) is 5.90. The highest BCUT2D eigenvalue weighted by Crippen LogP contribution is 2.46. The van der Waals surface area contributed by atoms with Crippen molar-refractivity contribution in [2.45, 2.75) is 36.4 Å². The van der Waals surface area contributed by atoms with Crippen molar-refractivity contribution in [2.75, 3.05) is 19.7 Å². The Bertz CT molecular complexity index is 817. The number of carbonyl (C=O) groups excluding carboxylic acids is 3. The van der Waals surface area contributed by atoms with Gasteiger partial charge in [-0.25, -0.2) is 17.4 Å². The minimum absolute atomic E-state index is 0.290. The molecule has 2 aliphatic heterocycles. The lowest BCUT2D eigenvalue weighted by molar-refractivity contribution is -0.167. The minimum atomic E-state index is -4.04. The van der Waals surface area contributed by atoms with E-state index in [-0.39, 0.29) is 6.42 Å². The summed E-state index contributed by atoms with van der Waals surface area (Å²) in [7, 11) is -7.92. The van der Waals surface area contributed by atoms with Gasteiger partial charge in [0.1, 0.15) is 16.7 Å². The largest absolute Gasteiger partial charge is 0.464 e. The second-order valence-corrected chi connectivity index (χ2v) is 10.1. The van der Waals surface area contributed by atoms with Gasteiger partial charge in [-0.15, -0.1) is 0 Å². The van der Waals surface area contributed by atoms with Crippen molar-refractivity contribution in [1.29, 1.82) is 0 Å². The summed E-state index contributed by atoms with van der Waals surface area (Å²) in [5.41, 5.74) is 0. The van der Waals surface area contributed by atoms with Gasteiger partial charge in [0.05, 0.1) is 12.7 Å². The van der Waals surface area contributed by atoms with Gasteiger partial charge in [-0.3, -0.25) is 9.59 Å². The molecule has 25 heavy (non-hydrogen) atoms. The molecule has 2 heterocycles. The van der Waals surface area contributed by atoms with E-state index in [0.717, 1.165) is 18.1 Å². The molecule has 1 amide bonds. The normalized spacial score (nSPS) is 30.4. The number of amides is 1. The lowest BCUT2D eigenvalue weighted by Gasteiger charge is -2.36. The number of esters is 2. The summed E-state index contributed by atoms with van der Waals surface area (Å²) in [4.78, 5) is 36.0. The molecule has 0 bridgehead atoms. The molecule has 0 N–H and O–H groups in total. The van der Waals surface area contributed by atoms with Gasteiger partial charge in [0.15, 0.2) is 15.9 Å². The topological polar surface area (TPSA) is 150 Å². The first-order chi connectivity index (χ1) is 11.3. The zero-order valence-electron chi connectivity index (χ0n) is 13.6. The van der Waals surface area contributed by atoms with Crippen LogP contribution in [0.3, 0.4) is 0 Å². The van der Waals surface area contributed by atoms with E-state index in [9.17, 15) is 31.2 Å². The Morgan fingerprint density at radius 3 is 2.40 bits per heavy atom. The summed E-state index contributed by atoms with van der Waals surface area (Å²) in [6.07, 6.45) is 0.447. The minimum Gasteiger partial charge on any atom is -0.464 e. The zero-order chi connectivity index (χ0) is 19.2. The summed E-state index contributed by atoms with van der Waals surface area (Å²) < 4.78 is 58.9. The van der Waals surface area contributed by atoms with Gasteiger partial charge in [-0.2, -0.15) is 8.42 Å². The molecule has 0 saturated carbocycles. The molecular formula is C12H17NO10S2. The maximum atomic E-state index is 12.7. The van der Waals surface area contributed by atoms with Crippen molar-refractivity contribution < 1.29 is 44.9 Å². The highest BCUT2D eigenvalue weighted by molar-refractivity contribution is 7.94. The third-order valence-electron chi connectivity index (χ3n) is 4.06. The molecule has 2 saturated heterocycles. The summed E-state index contributed by atoms with van der Waals surface area (Å²) in [6, 6.07) is -1.58. The van der Waals surface area contributed by atoms with Gasteiger partial charge in [-0.05, 0) is 6.92 Å². The van der Waals surface area contributed by atoms with Crippen molar-refractivity contribution in [3.8, 4) is 0 Å². The van der Waals surface area contributed by atoms with Crippen LogP contribution >= 0.6 is 0 Å². The van der Waals surface area contributed by atoms with Crippen LogP contribution in [0.15, 0.2) is 0 Å². The first kappa shape index (κ1) is 19.6. The van der Waals surface area contributed by atoms with Gasteiger partial charge in [0.2, 0.25) is 12.7 Å². The monoisotopic (exact) mass is 399 g/mol. The summed E-state index contributed by atoms with van der Waals surface area (Å²) in [6.45, 7) is 0.612. The summed E-state index contributed by atoms with van der Waals surface area (Å²) >= 11 is 0. The maximum Gasteiger partial charge on any atom is 0.332 e. The third-order valence-corrected chi connectivity index (χ3v) is 7.34. The third kappa shape index (κ3) is 3.35. The van der Waals surface area contributed by atoms with Crippen molar-refractivity contribution in [3.05, 3.63) is 0 Å². The fourth-order valence-electron chi connectivity index (χ4n) is 2.75. The van der Waals surface area contributed by atoms with E-state index in [1.807, 2.05) is 0 Å². The molecule has 2 aliphatic rings. The molecule has 11 nitrogen and oxygen atoms in total. The average molecular weight is 399 g/mol. The predicted molar refractivity (Wildman–Crippen MR) is 79.9 cm³/mol. The number of ether oxygens (including phenoxy) is 2. The van der Waals surface area contributed by atoms with Crippen molar-refractivity contribution in [2.24, 2.45) is 0 Å². The quantitative estimate of drug-likeness (QED) is 0.215. The zero-order valence-corrected chi connectivity index (χ0v) is 15.3. The Morgan fingerprint density at radius 1 is 1.32 bits per heavy atom. The SMILES string of the molecule is CC(=O)OC[C@@]1(C)[C@H](C(=O)OCOS(C)(=O)=O)N2C(=O)C[C@H]2S1(=O)=O. The van der Waals surface area contributed by atoms with E-state index in [2.05, 4.69) is 8.92 Å². The lowest BCUT2D eigenvalue weighted by Crippen LogP contribution is -2.58. The number of nitrogens with zero attached hydrogens (tertiary/aromatic N) is 1. The van der Waals surface area contributed by atoms with Crippen LogP contribution in [0.2, 0.25) is 0 Å². The molecule has 3 atom stereocenters. The van der Waals surface area contributed by atoms with Crippen LogP contribution in [0.25, 0.3) is 0 Å². The molecule has 2 rings (SSSR count). The Labute approximate surface area is 144 Å². The molecule has 13 heteroatoms. The molecule has 142 valence electrons. The number of rotatable bonds is 6. The summed E-state index contributed by atoms with van der Waals surface area (Å²) in [5, 5.41) is -1.21. The molecular weight excluding hydrogens is 382 g/mol. The number of hydrogen-bond acceptors (Lipinski definition) is 10. The molecule has 2 fully saturated rings. The standard InChI is InChI=1S/C12H17NO10S2/c1-7(14)21-5-12(2)10(11(16)22-6-23-24(3,17)18)13-8(15)4-9(13)25(12,19)20/h9-10H,4-6H2,1-3H3/t9-,10+,12+/m1/s1. The van der Waals surface area contributed by atoms with Crippen molar-refractivity contribution in [3.63, 3.8) is 0 Å². The van der Waals surface area contributed by atoms with Crippen LogP contribution in [-0.4, -0.2) is 75.4 Å². The average Bonchev–Trinajstić information content (AvgIpc) is 2.58. The van der Waals surface area contributed by atoms with Crippen LogP contribution in [0, 0.1) is 0 Å². The van der Waals surface area contributed by atoms with E-state index in [1.165, 1.54) is 6.92 Å². The van der Waals surface area contributed by atoms with Crippen LogP contribution in [0.4, 0.5) is 0 Å². The summed E-state index contributed by atoms with van der Waals surface area (Å²) in [5.74, 6) is -2.51. The van der Waals surface area contributed by atoms with Gasteiger partial charge in [-0.1, -0.05) is 0 Å². The fraction of sp³-hybridized carbons (Fsp3) is 0.750. The second kappa shape index (κ2) is 6.21. The van der Waals surface area contributed by atoms with E-state index in [0.29, 0.717) is 0 Å². The highest BCUT2D eigenvalue weighted by atomic mass is 32.2. The van der Waals surface area contributed by atoms with Crippen LogP contribution < -0.4 is 0 Å². The van der Waals surface area contributed by atoms with Crippen LogP contribution in [0.5, 0.6) is 0 Å². The Morgan fingerprint density at radius 2 is 1.92 bits per heavy atom. The van der Waals surface area contributed by atoms with E-state index in [1.54, 1.807) is 0 Å². The molecule has 0 spiro atoms. The molecule has 0 aromatic carbocycles. The van der Waals surface area contributed by atoms with Gasteiger partial charge in [0.25, 0.3) is 10.1 Å². The lowest BCUT2D eigenvalue weighted by atomic mass is 9.97. The Kier molecular flexibility index (Phi) is 4.87. The Balaban J connectivity index is 2.29. The van der Waals surface area contributed by atoms with Crippen molar-refractivity contribution in [1.82, 2.24) is 4.90 Å². The predicted octanol–water partition coefficient (Wildman–Crippen LogP) is -1.86. The van der Waals surface area contributed by atoms with Gasteiger partial charge >= 0.3 is 11.9 Å². The van der Waals surface area contributed by atoms with E-state index < -0.39 is 67.4 Å². The smallest absolute Gasteiger partial charge is 0.332 e. The number of β-lactam (4-membered cyclic amide) rings is 1.